The van der Waals surface area contributed by atoms with Crippen molar-refractivity contribution in [2.24, 2.45) is 0 Å². The van der Waals surface area contributed by atoms with Gasteiger partial charge in [0.15, 0.2) is 0 Å². The van der Waals surface area contributed by atoms with E-state index in [1.807, 2.05) is 60.7 Å². The number of aromatic carboxylic acids is 4. The van der Waals surface area contributed by atoms with Gasteiger partial charge in [0.1, 0.15) is 0 Å². The number of para-hydroxylation sites is 4. The monoisotopic (exact) mass is 1540 g/mol. The molecule has 0 aliphatic carbocycles. The SMILES string of the molecule is C.COC(=O)c1cc(Br)cc(C(=O)OC)c1N(c1ccccc1)c1cccc(N(c2ccccc2)c2c(C(=O)OC)cc(Br)cc2C(=O)OC)c1.Cc1cc(C(=O)O)c(N(c2ccccc2)c2cccc(N(c3ccccc3)c3c(C(=O)O)cc(Br)cc3C(=O)O)c2)c(C(=O)O)c1.[2HH].[Na+].[OH-]. The Balaban J connectivity index is 0.000000348. The van der Waals surface area contributed by atoms with Crippen LogP contribution in [0.2, 0.25) is 0 Å². The largest absolute Gasteiger partial charge is 1.00 e. The number of carbonyl (C=O) groups is 8. The number of hydrogen-bond donors (Lipinski definition) is 4. The number of ether oxygens (including phenoxy) is 4. The van der Waals surface area contributed by atoms with Crippen LogP contribution in [0.1, 0.15) is 97.3 Å². The van der Waals surface area contributed by atoms with Crippen molar-refractivity contribution in [2.45, 2.75) is 14.4 Å². The quantitative estimate of drug-likeness (QED) is 0.0313. The van der Waals surface area contributed by atoms with E-state index in [9.17, 15) is 58.8 Å². The van der Waals surface area contributed by atoms with Crippen molar-refractivity contribution in [3.8, 4) is 0 Å². The van der Waals surface area contributed by atoms with Gasteiger partial charge in [-0.2, -0.15) is 0 Å². The van der Waals surface area contributed by atoms with Crippen molar-refractivity contribution in [3.05, 3.63) is 282 Å². The standard InChI is InChI=1S/C38H30Br2N2O8.C35H25BrN2O8.CH4.Na.H2O.H2/c1-47-35(43)29-18-23(39)19-30(36(44)48-2)33(29)41(25-12-7-5-8-13-25)27-16-11-17-28(22-27)42(26-14-9-6-10-15-26)34-31(37(45)49-3)20-24(40)21-32(34)38(46)50-4;1-20-15-26(32(39)40)30(27(16-20)33(41)42)37(22-9-4-2-5-10-22)24-13-8-14-25(19-24)38(23-11-6-3-7-12-23)31-28(34(43)44)17-21(36)18-29(31)35(45)46;;;;/h5-22H,1-4H3;2-19H,1H3,(H,39,40)(H,41,42)(H,43,44)(H,45,46);1H4;;1H2;1H/q;;;+1;;/p-1/i;;;;;1+1. The zero-order valence-corrected chi connectivity index (χ0v) is 59.6. The van der Waals surface area contributed by atoms with Crippen LogP contribution in [0.5, 0.6) is 0 Å². The van der Waals surface area contributed by atoms with E-state index in [4.69, 9.17) is 18.9 Å². The molecule has 0 heterocycles. The number of halogens is 3. The maximum Gasteiger partial charge on any atom is 1.00 e. The summed E-state index contributed by atoms with van der Waals surface area (Å²) in [5, 5.41) is 40.9. The number of carboxylic acid groups (broad SMARTS) is 4. The van der Waals surface area contributed by atoms with Crippen molar-refractivity contribution in [2.75, 3.05) is 48.0 Å². The average molecular weight is 1540 g/mol. The molecule has 0 fully saturated rings. The van der Waals surface area contributed by atoms with Gasteiger partial charge in [-0.05, 0) is 146 Å². The minimum atomic E-state index is -1.36. The molecular weight excluding hydrogens is 1480 g/mol. The van der Waals surface area contributed by atoms with Crippen molar-refractivity contribution in [1.82, 2.24) is 0 Å². The summed E-state index contributed by atoms with van der Waals surface area (Å²) in [4.78, 5) is 110. The first-order chi connectivity index (χ1) is 46.1. The van der Waals surface area contributed by atoms with E-state index in [0.717, 1.165) is 0 Å². The number of benzene rings is 10. The van der Waals surface area contributed by atoms with Crippen LogP contribution in [0.4, 0.5) is 68.2 Å². The molecule has 10 rings (SSSR count). The molecule has 0 aliphatic rings. The number of carbonyl (C=O) groups excluding carboxylic acids is 4. The van der Waals surface area contributed by atoms with E-state index in [1.165, 1.54) is 62.5 Å². The van der Waals surface area contributed by atoms with Crippen LogP contribution >= 0.6 is 47.8 Å². The Hall–Kier alpha value is -10.4. The molecule has 0 bridgehead atoms. The first kappa shape index (κ1) is 77.6. The van der Waals surface area contributed by atoms with Crippen LogP contribution < -0.4 is 49.2 Å². The number of anilines is 12. The predicted octanol–water partition coefficient (Wildman–Crippen LogP) is 15.5. The van der Waals surface area contributed by atoms with E-state index in [-0.39, 0.29) is 116 Å². The molecule has 0 saturated heterocycles. The Bertz CT molecular complexity index is 4250. The number of carboxylic acids is 4. The van der Waals surface area contributed by atoms with Gasteiger partial charge in [-0.3, -0.25) is 0 Å². The molecule has 0 saturated carbocycles. The maximum absolute atomic E-state index is 13.3. The summed E-state index contributed by atoms with van der Waals surface area (Å²) in [6.45, 7) is 1.60. The third-order valence-corrected chi connectivity index (χ3v) is 16.0. The molecule has 10 aromatic carbocycles. The molecule has 21 nitrogen and oxygen atoms in total. The second-order valence-electron chi connectivity index (χ2n) is 20.7. The fourth-order valence-corrected chi connectivity index (χ4v) is 12.1. The first-order valence-corrected chi connectivity index (χ1v) is 31.0. The van der Waals surface area contributed by atoms with Crippen molar-refractivity contribution < 1.29 is 114 Å². The molecule has 0 radical (unpaired) electrons. The average Bonchev–Trinajstić information content (AvgIpc) is 0.764. The van der Waals surface area contributed by atoms with Gasteiger partial charge in [0.2, 0.25) is 0 Å². The van der Waals surface area contributed by atoms with Gasteiger partial charge in [-0.1, -0.05) is 140 Å². The molecule has 99 heavy (non-hydrogen) atoms. The van der Waals surface area contributed by atoms with Gasteiger partial charge >= 0.3 is 77.3 Å². The second-order valence-corrected chi connectivity index (χ2v) is 23.4. The summed E-state index contributed by atoms with van der Waals surface area (Å²) in [5.74, 6) is -8.14. The van der Waals surface area contributed by atoms with E-state index < -0.39 is 47.8 Å². The fourth-order valence-electron chi connectivity index (χ4n) is 10.7. The van der Waals surface area contributed by atoms with Crippen LogP contribution in [0.3, 0.4) is 0 Å². The molecule has 25 heteroatoms. The van der Waals surface area contributed by atoms with E-state index in [2.05, 4.69) is 47.8 Å². The van der Waals surface area contributed by atoms with E-state index in [0.29, 0.717) is 60.0 Å². The zero-order chi connectivity index (χ0) is 69.1. The normalized spacial score (nSPS) is 10.3. The number of rotatable bonds is 20. The number of aryl methyl sites for hydroxylation is 1. The van der Waals surface area contributed by atoms with E-state index in [1.54, 1.807) is 150 Å². The maximum atomic E-state index is 13.3. The molecule has 10 aromatic rings. The molecule has 0 amide bonds. The number of esters is 4. The van der Waals surface area contributed by atoms with Crippen LogP contribution in [-0.2, 0) is 18.9 Å². The molecule has 5 N–H and O–H groups in total. The summed E-state index contributed by atoms with van der Waals surface area (Å²) in [7, 11) is 5.02. The molecule has 502 valence electrons. The molecular formula is C74H62Br3N4NaO17. The van der Waals surface area contributed by atoms with Gasteiger partial charge in [0.05, 0.1) is 95.7 Å². The summed E-state index contributed by atoms with van der Waals surface area (Å²) in [5.41, 5.74) is 3.63. The predicted molar refractivity (Wildman–Crippen MR) is 383 cm³/mol. The van der Waals surface area contributed by atoms with E-state index >= 15 is 0 Å². The van der Waals surface area contributed by atoms with Gasteiger partial charge in [-0.25, -0.2) is 38.4 Å². The summed E-state index contributed by atoms with van der Waals surface area (Å²) in [6, 6.07) is 60.8. The molecule has 0 aromatic heterocycles. The van der Waals surface area contributed by atoms with Crippen molar-refractivity contribution >= 4 is 164 Å². The van der Waals surface area contributed by atoms with Gasteiger partial charge < -0.3 is 64.4 Å². The molecule has 0 aliphatic heterocycles. The smallest absolute Gasteiger partial charge is 0.870 e. The Morgan fingerprint density at radius 2 is 0.485 bits per heavy atom. The molecule has 0 unspecified atom stereocenters. The zero-order valence-electron chi connectivity index (χ0n) is 52.8. The second kappa shape index (κ2) is 34.7. The Kier molecular flexibility index (Phi) is 27.2. The fraction of sp³-hybridized carbons (Fsp3) is 0.0811. The van der Waals surface area contributed by atoms with Crippen LogP contribution in [-0.4, -0.2) is 102 Å². The third kappa shape index (κ3) is 17.1. The third-order valence-electron chi connectivity index (χ3n) is 14.7. The summed E-state index contributed by atoms with van der Waals surface area (Å²) in [6.07, 6.45) is 0. The van der Waals surface area contributed by atoms with Crippen molar-refractivity contribution in [1.29, 1.82) is 0 Å². The number of nitrogens with zero attached hydrogens (tertiary/aromatic N) is 4. The van der Waals surface area contributed by atoms with Crippen molar-refractivity contribution in [3.63, 3.8) is 0 Å². The van der Waals surface area contributed by atoms with Crippen LogP contribution in [0, 0.1) is 6.92 Å². The van der Waals surface area contributed by atoms with Crippen LogP contribution in [0.15, 0.2) is 232 Å². The van der Waals surface area contributed by atoms with Gasteiger partial charge in [0.25, 0.3) is 0 Å². The Labute approximate surface area is 617 Å². The molecule has 0 atom stereocenters. The Morgan fingerprint density at radius 3 is 0.687 bits per heavy atom. The number of methoxy groups -OCH3 is 4. The van der Waals surface area contributed by atoms with Gasteiger partial charge in [0, 0.05) is 60.3 Å². The van der Waals surface area contributed by atoms with Gasteiger partial charge in [-0.15, -0.1) is 0 Å². The minimum Gasteiger partial charge on any atom is -0.870 e. The summed E-state index contributed by atoms with van der Waals surface area (Å²) >= 11 is 10.1. The molecule has 0 spiro atoms. The minimum absolute atomic E-state index is 0. The first-order valence-electron chi connectivity index (χ1n) is 28.6. The number of hydrogen-bond acceptors (Lipinski definition) is 17. The Morgan fingerprint density at radius 1 is 0.303 bits per heavy atom. The summed E-state index contributed by atoms with van der Waals surface area (Å²) < 4.78 is 21.8. The van der Waals surface area contributed by atoms with Crippen LogP contribution in [0.25, 0.3) is 0 Å². The topological polar surface area (TPSA) is 297 Å².